The van der Waals surface area contributed by atoms with E-state index in [4.69, 9.17) is 16.6 Å². The fourth-order valence-corrected chi connectivity index (χ4v) is 7.47. The monoisotopic (exact) mass is 643 g/mol. The zero-order chi connectivity index (χ0) is 31.3. The lowest BCUT2D eigenvalue weighted by atomic mass is 9.77. The number of carbonyl (C=O) groups excluding carboxylic acids is 1. The van der Waals surface area contributed by atoms with Crippen molar-refractivity contribution in [3.8, 4) is 0 Å². The van der Waals surface area contributed by atoms with Crippen LogP contribution < -0.4 is 10.2 Å². The van der Waals surface area contributed by atoms with E-state index in [2.05, 4.69) is 136 Å². The van der Waals surface area contributed by atoms with Gasteiger partial charge in [0.15, 0.2) is 0 Å². The van der Waals surface area contributed by atoms with Gasteiger partial charge in [0.25, 0.3) is 5.91 Å². The number of nitrogens with zero attached hydrogens (tertiary/aromatic N) is 4. The van der Waals surface area contributed by atoms with E-state index in [-0.39, 0.29) is 5.91 Å². The molecule has 1 saturated heterocycles. The van der Waals surface area contributed by atoms with Crippen LogP contribution in [0.3, 0.4) is 0 Å². The van der Waals surface area contributed by atoms with Crippen LogP contribution in [-0.4, -0.2) is 46.5 Å². The van der Waals surface area contributed by atoms with E-state index in [0.717, 1.165) is 30.2 Å². The van der Waals surface area contributed by atoms with Gasteiger partial charge in [-0.15, -0.1) is 11.3 Å². The van der Waals surface area contributed by atoms with Crippen LogP contribution >= 0.6 is 22.9 Å². The molecule has 3 heterocycles. The van der Waals surface area contributed by atoms with Crippen LogP contribution in [0.1, 0.15) is 32.1 Å². The van der Waals surface area contributed by atoms with Crippen LogP contribution in [-0.2, 0) is 12.1 Å². The van der Waals surface area contributed by atoms with Crippen molar-refractivity contribution < 1.29 is 4.79 Å². The Hall–Kier alpha value is -4.85. The molecule has 8 heteroatoms. The van der Waals surface area contributed by atoms with E-state index in [0.29, 0.717) is 29.5 Å². The van der Waals surface area contributed by atoms with Crippen LogP contribution in [0.2, 0.25) is 5.02 Å². The largest absolute Gasteiger partial charge is 0.379 e. The first-order valence-electron chi connectivity index (χ1n) is 15.4. The van der Waals surface area contributed by atoms with Gasteiger partial charge in [-0.25, -0.2) is 4.98 Å². The number of rotatable bonds is 9. The van der Waals surface area contributed by atoms with Crippen LogP contribution in [0.25, 0.3) is 0 Å². The molecule has 6 nitrogen and oxygen atoms in total. The fraction of sp³-hybridized carbons (Fsp3) is 0.158. The van der Waals surface area contributed by atoms with Gasteiger partial charge in [0, 0.05) is 43.8 Å². The topological polar surface area (TPSA) is 53.4 Å². The molecule has 1 aliphatic heterocycles. The minimum absolute atomic E-state index is 0.0233. The van der Waals surface area contributed by atoms with E-state index in [1.165, 1.54) is 28.0 Å². The lowest BCUT2D eigenvalue weighted by molar-refractivity contribution is 0.0752. The summed E-state index contributed by atoms with van der Waals surface area (Å²) in [6.45, 7) is 3.50. The average molecular weight is 644 g/mol. The Morgan fingerprint density at radius 2 is 1.33 bits per heavy atom. The van der Waals surface area contributed by atoms with Crippen LogP contribution in [0.15, 0.2) is 139 Å². The summed E-state index contributed by atoms with van der Waals surface area (Å²) in [7, 11) is 0. The number of carbonyl (C=O) groups is 1. The molecule has 0 aliphatic carbocycles. The second-order valence-electron chi connectivity index (χ2n) is 11.4. The molecule has 0 spiro atoms. The zero-order valence-electron chi connectivity index (χ0n) is 25.3. The highest BCUT2D eigenvalue weighted by Crippen LogP contribution is 2.40. The lowest BCUT2D eigenvalue weighted by Gasteiger charge is -2.37. The highest BCUT2D eigenvalue weighted by molar-refractivity contribution is 7.12. The molecule has 230 valence electrons. The van der Waals surface area contributed by atoms with Gasteiger partial charge in [-0.05, 0) is 52.4 Å². The average Bonchev–Trinajstić information content (AvgIpc) is 3.78. The van der Waals surface area contributed by atoms with Gasteiger partial charge < -0.3 is 19.7 Å². The molecule has 0 saturated carbocycles. The van der Waals surface area contributed by atoms with Gasteiger partial charge in [0.2, 0.25) is 0 Å². The Morgan fingerprint density at radius 1 is 0.761 bits per heavy atom. The predicted molar refractivity (Wildman–Crippen MR) is 188 cm³/mol. The summed E-state index contributed by atoms with van der Waals surface area (Å²) in [5.41, 5.74) is 6.04. The van der Waals surface area contributed by atoms with Crippen molar-refractivity contribution in [2.75, 3.05) is 36.4 Å². The number of hydrogen-bond donors (Lipinski definition) is 1. The van der Waals surface area contributed by atoms with Gasteiger partial charge in [-0.1, -0.05) is 103 Å². The Labute approximate surface area is 278 Å². The Balaban J connectivity index is 1.06. The number of thiophene rings is 1. The van der Waals surface area contributed by atoms with Crippen molar-refractivity contribution in [2.45, 2.75) is 12.1 Å². The number of aromatic nitrogens is 2. The number of halogens is 1. The van der Waals surface area contributed by atoms with Gasteiger partial charge in [-0.2, -0.15) is 0 Å². The summed E-state index contributed by atoms with van der Waals surface area (Å²) >= 11 is 7.60. The molecule has 4 aromatic carbocycles. The molecule has 0 bridgehead atoms. The van der Waals surface area contributed by atoms with E-state index in [1.54, 1.807) is 6.07 Å². The number of amides is 1. The maximum atomic E-state index is 12.8. The number of anilines is 2. The molecular formula is C38H34ClN5OS. The first-order chi connectivity index (χ1) is 22.6. The summed E-state index contributed by atoms with van der Waals surface area (Å²) < 4.78 is 2.24. The number of imidazole rings is 1. The number of nitrogens with one attached hydrogen (secondary N) is 1. The van der Waals surface area contributed by atoms with Crippen LogP contribution in [0.4, 0.5) is 11.4 Å². The van der Waals surface area contributed by atoms with Crippen molar-refractivity contribution in [1.29, 1.82) is 0 Å². The molecule has 0 radical (unpaired) electrons. The highest BCUT2D eigenvalue weighted by Gasteiger charge is 2.38. The van der Waals surface area contributed by atoms with Gasteiger partial charge >= 0.3 is 0 Å². The van der Waals surface area contributed by atoms with E-state index in [9.17, 15) is 4.79 Å². The van der Waals surface area contributed by atoms with Crippen molar-refractivity contribution in [3.63, 3.8) is 0 Å². The Kier molecular flexibility index (Phi) is 8.59. The van der Waals surface area contributed by atoms with Crippen LogP contribution in [0.5, 0.6) is 0 Å². The van der Waals surface area contributed by atoms with Crippen molar-refractivity contribution >= 4 is 40.2 Å². The molecule has 2 aromatic heterocycles. The summed E-state index contributed by atoms with van der Waals surface area (Å²) in [6, 6.07) is 42.2. The van der Waals surface area contributed by atoms with Crippen molar-refractivity contribution in [1.82, 2.24) is 14.5 Å². The molecule has 46 heavy (non-hydrogen) atoms. The second kappa shape index (κ2) is 13.3. The lowest BCUT2D eigenvalue weighted by Crippen LogP contribution is -2.48. The molecule has 1 fully saturated rings. The van der Waals surface area contributed by atoms with Gasteiger partial charge in [-0.3, -0.25) is 4.79 Å². The summed E-state index contributed by atoms with van der Waals surface area (Å²) in [5.74, 6) is 0.0233. The third-order valence-electron chi connectivity index (χ3n) is 8.68. The minimum atomic E-state index is -0.582. The van der Waals surface area contributed by atoms with E-state index < -0.39 is 5.54 Å². The Bertz CT molecular complexity index is 1790. The zero-order valence-corrected chi connectivity index (χ0v) is 26.9. The summed E-state index contributed by atoms with van der Waals surface area (Å²) in [6.07, 6.45) is 4.10. The van der Waals surface area contributed by atoms with Crippen molar-refractivity contribution in [3.05, 3.63) is 172 Å². The number of piperazine rings is 1. The summed E-state index contributed by atoms with van der Waals surface area (Å²) in [5, 5.41) is 5.96. The molecule has 1 aliphatic rings. The second-order valence-corrected chi connectivity index (χ2v) is 12.7. The smallest absolute Gasteiger partial charge is 0.265 e. The highest BCUT2D eigenvalue weighted by atomic mass is 35.5. The van der Waals surface area contributed by atoms with Gasteiger partial charge in [0.05, 0.1) is 23.6 Å². The quantitative estimate of drug-likeness (QED) is 0.162. The molecule has 1 amide bonds. The predicted octanol–water partition coefficient (Wildman–Crippen LogP) is 8.01. The van der Waals surface area contributed by atoms with Gasteiger partial charge in [0.1, 0.15) is 10.4 Å². The molecule has 0 unspecified atom stereocenters. The molecular weight excluding hydrogens is 610 g/mol. The standard InChI is InChI=1S/C38H34ClN5OS/c39-35-20-25-46-36(35)37(45)43-23-21-42(22-24-43)34-18-16-32(17-19-34)40-26-33-27-44(28-41-33)38(29-10-4-1-5-11-29,30-12-6-2-7-13-30)31-14-8-3-9-15-31/h1-20,25,27-28,40H,21-24,26H2. The first kappa shape index (κ1) is 29.8. The third kappa shape index (κ3) is 5.80. The van der Waals surface area contributed by atoms with E-state index in [1.807, 2.05) is 16.6 Å². The Morgan fingerprint density at radius 3 is 1.85 bits per heavy atom. The first-order valence-corrected chi connectivity index (χ1v) is 16.7. The van der Waals surface area contributed by atoms with Crippen molar-refractivity contribution in [2.24, 2.45) is 0 Å². The fourth-order valence-electron chi connectivity index (χ4n) is 6.36. The molecule has 0 atom stereocenters. The van der Waals surface area contributed by atoms with Crippen LogP contribution in [0, 0.1) is 0 Å². The van der Waals surface area contributed by atoms with E-state index >= 15 is 0 Å². The molecule has 7 rings (SSSR count). The maximum absolute atomic E-state index is 12.8. The summed E-state index contributed by atoms with van der Waals surface area (Å²) in [4.78, 5) is 22.6. The molecule has 6 aromatic rings. The number of benzene rings is 4. The third-order valence-corrected chi connectivity index (χ3v) is 10.0. The number of hydrogen-bond acceptors (Lipinski definition) is 5. The maximum Gasteiger partial charge on any atom is 0.265 e. The normalized spacial score (nSPS) is 13.5. The minimum Gasteiger partial charge on any atom is -0.379 e. The SMILES string of the molecule is O=C(c1sccc1Cl)N1CCN(c2ccc(NCc3cn(C(c4ccccc4)(c4ccccc4)c4ccccc4)cn3)cc2)CC1. The molecule has 1 N–H and O–H groups in total.